The molecule has 2 N–H and O–H groups in total. The second kappa shape index (κ2) is 4.57. The van der Waals surface area contributed by atoms with Gasteiger partial charge in [0.2, 0.25) is 0 Å². The van der Waals surface area contributed by atoms with E-state index in [1.165, 1.54) is 0 Å². The van der Waals surface area contributed by atoms with Gasteiger partial charge >= 0.3 is 5.97 Å². The third-order valence-corrected chi connectivity index (χ3v) is 1.82. The normalized spacial score (nSPS) is 12.4. The lowest BCUT2D eigenvalue weighted by atomic mass is 9.97. The molecule has 1 aromatic rings. The third-order valence-electron chi connectivity index (χ3n) is 1.82. The fourth-order valence-electron chi connectivity index (χ4n) is 1.16. The van der Waals surface area contributed by atoms with Crippen molar-refractivity contribution in [1.29, 1.82) is 0 Å². The van der Waals surface area contributed by atoms with E-state index in [9.17, 15) is 4.79 Å². The van der Waals surface area contributed by atoms with E-state index >= 15 is 0 Å². The zero-order chi connectivity index (χ0) is 9.68. The van der Waals surface area contributed by atoms with Gasteiger partial charge in [-0.3, -0.25) is 9.78 Å². The summed E-state index contributed by atoms with van der Waals surface area (Å²) in [5, 5.41) is 17.5. The lowest BCUT2D eigenvalue weighted by Crippen LogP contribution is -2.13. The molecule has 0 amide bonds. The second-order valence-electron chi connectivity index (χ2n) is 2.68. The van der Waals surface area contributed by atoms with Crippen LogP contribution in [0.1, 0.15) is 17.9 Å². The average molecular weight is 181 g/mol. The van der Waals surface area contributed by atoms with Gasteiger partial charge in [0.1, 0.15) is 0 Å². The Morgan fingerprint density at radius 3 is 2.54 bits per heavy atom. The van der Waals surface area contributed by atoms with Crippen LogP contribution >= 0.6 is 0 Å². The number of carboxylic acid groups (broad SMARTS) is 1. The maximum atomic E-state index is 10.8. The van der Waals surface area contributed by atoms with Gasteiger partial charge in [0, 0.05) is 19.0 Å². The number of carboxylic acids is 1. The molecule has 0 aliphatic heterocycles. The Morgan fingerprint density at radius 2 is 2.08 bits per heavy atom. The zero-order valence-corrected chi connectivity index (χ0v) is 7.05. The molecule has 0 aliphatic carbocycles. The molecule has 1 unspecified atom stereocenters. The predicted octanol–water partition coefficient (Wildman–Crippen LogP) is 0.632. The molecule has 0 saturated carbocycles. The molecule has 0 radical (unpaired) electrons. The molecule has 70 valence electrons. The Kier molecular flexibility index (Phi) is 3.40. The minimum absolute atomic E-state index is 0.126. The molecule has 1 heterocycles. The second-order valence-corrected chi connectivity index (χ2v) is 2.68. The van der Waals surface area contributed by atoms with Crippen molar-refractivity contribution in [2.45, 2.75) is 12.3 Å². The summed E-state index contributed by atoms with van der Waals surface area (Å²) in [5.41, 5.74) is 0.677. The Morgan fingerprint density at radius 1 is 1.46 bits per heavy atom. The maximum Gasteiger partial charge on any atom is 0.311 e. The van der Waals surface area contributed by atoms with Gasteiger partial charge < -0.3 is 10.2 Å². The summed E-state index contributed by atoms with van der Waals surface area (Å²) in [4.78, 5) is 14.6. The van der Waals surface area contributed by atoms with Gasteiger partial charge in [0.25, 0.3) is 0 Å². The van der Waals surface area contributed by atoms with E-state index in [1.54, 1.807) is 24.5 Å². The summed E-state index contributed by atoms with van der Waals surface area (Å²) in [6, 6.07) is 3.29. The van der Waals surface area contributed by atoms with E-state index in [4.69, 9.17) is 10.2 Å². The van der Waals surface area contributed by atoms with Crippen molar-refractivity contribution in [3.63, 3.8) is 0 Å². The van der Waals surface area contributed by atoms with Crippen molar-refractivity contribution in [2.24, 2.45) is 0 Å². The highest BCUT2D eigenvalue weighted by Gasteiger charge is 2.18. The van der Waals surface area contributed by atoms with E-state index in [-0.39, 0.29) is 13.0 Å². The van der Waals surface area contributed by atoms with Crippen molar-refractivity contribution in [3.8, 4) is 0 Å². The summed E-state index contributed by atoms with van der Waals surface area (Å²) in [5.74, 6) is -1.55. The molecule has 0 spiro atoms. The van der Waals surface area contributed by atoms with Gasteiger partial charge in [-0.25, -0.2) is 0 Å². The van der Waals surface area contributed by atoms with Crippen LogP contribution in [0.15, 0.2) is 24.5 Å². The topological polar surface area (TPSA) is 70.4 Å². The fraction of sp³-hybridized carbons (Fsp3) is 0.333. The van der Waals surface area contributed by atoms with Crippen LogP contribution in [-0.2, 0) is 4.79 Å². The largest absolute Gasteiger partial charge is 0.481 e. The lowest BCUT2D eigenvalue weighted by molar-refractivity contribution is -0.139. The highest BCUT2D eigenvalue weighted by Crippen LogP contribution is 2.18. The first-order valence-electron chi connectivity index (χ1n) is 3.99. The third kappa shape index (κ3) is 2.52. The highest BCUT2D eigenvalue weighted by atomic mass is 16.4. The van der Waals surface area contributed by atoms with Gasteiger partial charge in [0.05, 0.1) is 5.92 Å². The number of rotatable bonds is 4. The number of hydrogen-bond donors (Lipinski definition) is 2. The van der Waals surface area contributed by atoms with Gasteiger partial charge in [-0.05, 0) is 24.1 Å². The quantitative estimate of drug-likeness (QED) is 0.714. The first-order chi connectivity index (χ1) is 6.25. The van der Waals surface area contributed by atoms with Crippen molar-refractivity contribution in [2.75, 3.05) is 6.61 Å². The highest BCUT2D eigenvalue weighted by molar-refractivity contribution is 5.75. The van der Waals surface area contributed by atoms with Gasteiger partial charge in [0.15, 0.2) is 0 Å². The number of hydrogen-bond acceptors (Lipinski definition) is 3. The van der Waals surface area contributed by atoms with Gasteiger partial charge in [-0.15, -0.1) is 0 Å². The molecule has 0 aromatic carbocycles. The molecule has 13 heavy (non-hydrogen) atoms. The summed E-state index contributed by atoms with van der Waals surface area (Å²) in [7, 11) is 0. The summed E-state index contributed by atoms with van der Waals surface area (Å²) in [6.45, 7) is -0.126. The Bertz CT molecular complexity index is 273. The Hall–Kier alpha value is -1.42. The first-order valence-corrected chi connectivity index (χ1v) is 3.99. The van der Waals surface area contributed by atoms with Crippen molar-refractivity contribution < 1.29 is 15.0 Å². The van der Waals surface area contributed by atoms with Crippen LogP contribution in [0.5, 0.6) is 0 Å². The van der Waals surface area contributed by atoms with Crippen LogP contribution < -0.4 is 0 Å². The van der Waals surface area contributed by atoms with E-state index in [1.807, 2.05) is 0 Å². The van der Waals surface area contributed by atoms with Crippen LogP contribution in [0.4, 0.5) is 0 Å². The minimum Gasteiger partial charge on any atom is -0.481 e. The molecule has 0 saturated heterocycles. The molecular formula is C9H11NO3. The molecule has 1 rings (SSSR count). The Labute approximate surface area is 75.9 Å². The van der Waals surface area contributed by atoms with Gasteiger partial charge in [-0.1, -0.05) is 0 Å². The van der Waals surface area contributed by atoms with Crippen molar-refractivity contribution in [3.05, 3.63) is 30.1 Å². The Balaban J connectivity index is 2.82. The van der Waals surface area contributed by atoms with E-state index < -0.39 is 11.9 Å². The summed E-state index contributed by atoms with van der Waals surface area (Å²) < 4.78 is 0. The molecule has 4 heteroatoms. The SMILES string of the molecule is O=C(O)C(CCO)c1ccncc1. The number of aliphatic hydroxyl groups excluding tert-OH is 1. The lowest BCUT2D eigenvalue weighted by Gasteiger charge is -2.09. The molecule has 4 nitrogen and oxygen atoms in total. The number of carbonyl (C=O) groups is 1. The maximum absolute atomic E-state index is 10.8. The molecule has 1 aromatic heterocycles. The summed E-state index contributed by atoms with van der Waals surface area (Å²) in [6.07, 6.45) is 3.32. The number of pyridine rings is 1. The summed E-state index contributed by atoms with van der Waals surface area (Å²) >= 11 is 0. The fourth-order valence-corrected chi connectivity index (χ4v) is 1.16. The number of aromatic nitrogens is 1. The number of nitrogens with zero attached hydrogens (tertiary/aromatic N) is 1. The van der Waals surface area contributed by atoms with E-state index in [0.717, 1.165) is 0 Å². The molecular weight excluding hydrogens is 170 g/mol. The van der Waals surface area contributed by atoms with Crippen LogP contribution in [0.25, 0.3) is 0 Å². The van der Waals surface area contributed by atoms with Crippen LogP contribution in [-0.4, -0.2) is 27.8 Å². The zero-order valence-electron chi connectivity index (χ0n) is 7.05. The van der Waals surface area contributed by atoms with Crippen molar-refractivity contribution >= 4 is 5.97 Å². The number of aliphatic carboxylic acids is 1. The van der Waals surface area contributed by atoms with Crippen LogP contribution in [0.2, 0.25) is 0 Å². The monoisotopic (exact) mass is 181 g/mol. The molecule has 0 fully saturated rings. The molecule has 0 bridgehead atoms. The average Bonchev–Trinajstić information content (AvgIpc) is 2.15. The van der Waals surface area contributed by atoms with Gasteiger partial charge in [-0.2, -0.15) is 0 Å². The van der Waals surface area contributed by atoms with Crippen LogP contribution in [0.3, 0.4) is 0 Å². The predicted molar refractivity (Wildman–Crippen MR) is 46.3 cm³/mol. The van der Waals surface area contributed by atoms with E-state index in [2.05, 4.69) is 4.98 Å². The first kappa shape index (κ1) is 9.67. The number of aliphatic hydroxyl groups is 1. The standard InChI is InChI=1S/C9H11NO3/c11-6-3-8(9(12)13)7-1-4-10-5-2-7/h1-2,4-5,8,11H,3,6H2,(H,12,13). The molecule has 0 aliphatic rings. The smallest absolute Gasteiger partial charge is 0.311 e. The molecule has 1 atom stereocenters. The van der Waals surface area contributed by atoms with E-state index in [0.29, 0.717) is 5.56 Å². The van der Waals surface area contributed by atoms with Crippen molar-refractivity contribution in [1.82, 2.24) is 4.98 Å². The minimum atomic E-state index is -0.916. The van der Waals surface area contributed by atoms with Crippen LogP contribution in [0, 0.1) is 0 Å².